The van der Waals surface area contributed by atoms with E-state index in [0.717, 1.165) is 26.2 Å². The molecule has 3 rings (SSSR count). The minimum Gasteiger partial charge on any atom is -0.406 e. The van der Waals surface area contributed by atoms with Gasteiger partial charge in [0.05, 0.1) is 6.04 Å². The van der Waals surface area contributed by atoms with E-state index in [2.05, 4.69) is 51.2 Å². The molecule has 1 aliphatic heterocycles. The second-order valence-corrected chi connectivity index (χ2v) is 5.52. The lowest BCUT2D eigenvalue weighted by Crippen LogP contribution is -2.46. The summed E-state index contributed by atoms with van der Waals surface area (Å²) in [7, 11) is 0. The van der Waals surface area contributed by atoms with Crippen LogP contribution in [0.1, 0.15) is 24.4 Å². The number of aromatic nitrogens is 2. The van der Waals surface area contributed by atoms with Gasteiger partial charge < -0.3 is 20.0 Å². The summed E-state index contributed by atoms with van der Waals surface area (Å²) in [6, 6.07) is 8.95. The van der Waals surface area contributed by atoms with E-state index in [1.54, 1.807) is 0 Å². The van der Waals surface area contributed by atoms with Crippen molar-refractivity contribution < 1.29 is 4.42 Å². The van der Waals surface area contributed by atoms with Crippen LogP contribution in [0.5, 0.6) is 0 Å². The Hall–Kier alpha value is -2.08. The van der Waals surface area contributed by atoms with Gasteiger partial charge in [0.15, 0.2) is 0 Å². The molecule has 0 radical (unpaired) electrons. The fourth-order valence-corrected chi connectivity index (χ4v) is 2.52. The second-order valence-electron chi connectivity index (χ2n) is 5.52. The lowest BCUT2D eigenvalue weighted by atomic mass is 10.2. The van der Waals surface area contributed by atoms with Crippen LogP contribution in [0.25, 0.3) is 0 Å². The topological polar surface area (TPSA) is 71.4 Å². The van der Waals surface area contributed by atoms with Crippen molar-refractivity contribution in [2.24, 2.45) is 5.73 Å². The van der Waals surface area contributed by atoms with Gasteiger partial charge in [0, 0.05) is 31.9 Å². The molecule has 1 aromatic heterocycles. The van der Waals surface area contributed by atoms with E-state index in [1.807, 2.05) is 6.92 Å². The Morgan fingerprint density at radius 3 is 2.48 bits per heavy atom. The van der Waals surface area contributed by atoms with Crippen LogP contribution < -0.4 is 15.5 Å². The van der Waals surface area contributed by atoms with Gasteiger partial charge in [-0.25, -0.2) is 0 Å². The van der Waals surface area contributed by atoms with Crippen LogP contribution in [0.15, 0.2) is 28.7 Å². The maximum Gasteiger partial charge on any atom is 0.318 e. The number of anilines is 2. The van der Waals surface area contributed by atoms with Crippen molar-refractivity contribution in [3.63, 3.8) is 0 Å². The molecule has 6 nitrogen and oxygen atoms in total. The van der Waals surface area contributed by atoms with Gasteiger partial charge in [-0.05, 0) is 31.5 Å². The lowest BCUT2D eigenvalue weighted by molar-refractivity contribution is 0.450. The molecule has 1 aromatic carbocycles. The van der Waals surface area contributed by atoms with E-state index in [4.69, 9.17) is 10.2 Å². The first-order valence-corrected chi connectivity index (χ1v) is 7.29. The van der Waals surface area contributed by atoms with Gasteiger partial charge in [0.1, 0.15) is 0 Å². The first-order valence-electron chi connectivity index (χ1n) is 7.29. The van der Waals surface area contributed by atoms with E-state index >= 15 is 0 Å². The fraction of sp³-hybridized carbons (Fsp3) is 0.467. The summed E-state index contributed by atoms with van der Waals surface area (Å²) in [4.78, 5) is 4.50. The molecule has 1 aliphatic rings. The molecule has 2 aromatic rings. The highest BCUT2D eigenvalue weighted by Gasteiger charge is 2.22. The van der Waals surface area contributed by atoms with E-state index in [9.17, 15) is 0 Å². The number of rotatable bonds is 3. The Kier molecular flexibility index (Phi) is 3.79. The molecular weight excluding hydrogens is 266 g/mol. The summed E-state index contributed by atoms with van der Waals surface area (Å²) in [5.41, 5.74) is 8.31. The summed E-state index contributed by atoms with van der Waals surface area (Å²) >= 11 is 0. The minimum atomic E-state index is -0.222. The van der Waals surface area contributed by atoms with Gasteiger partial charge in [0.2, 0.25) is 5.89 Å². The quantitative estimate of drug-likeness (QED) is 0.927. The van der Waals surface area contributed by atoms with Crippen molar-refractivity contribution in [1.29, 1.82) is 0 Å². The van der Waals surface area contributed by atoms with Crippen LogP contribution in [0, 0.1) is 6.92 Å². The maximum absolute atomic E-state index is 5.75. The molecule has 0 saturated carbocycles. The van der Waals surface area contributed by atoms with E-state index in [-0.39, 0.29) is 6.04 Å². The van der Waals surface area contributed by atoms with Gasteiger partial charge >= 0.3 is 6.01 Å². The Labute approximate surface area is 124 Å². The molecule has 0 spiro atoms. The minimum absolute atomic E-state index is 0.222. The largest absolute Gasteiger partial charge is 0.406 e. The van der Waals surface area contributed by atoms with Crippen LogP contribution in [-0.4, -0.2) is 36.4 Å². The molecule has 1 fully saturated rings. The molecule has 0 amide bonds. The number of aryl methyl sites for hydroxylation is 1. The molecule has 1 unspecified atom stereocenters. The van der Waals surface area contributed by atoms with Crippen LogP contribution >= 0.6 is 0 Å². The molecule has 21 heavy (non-hydrogen) atoms. The van der Waals surface area contributed by atoms with Crippen molar-refractivity contribution in [3.05, 3.63) is 35.7 Å². The highest BCUT2D eigenvalue weighted by molar-refractivity contribution is 5.50. The van der Waals surface area contributed by atoms with Crippen molar-refractivity contribution in [2.75, 3.05) is 36.0 Å². The van der Waals surface area contributed by atoms with Gasteiger partial charge in [-0.15, -0.1) is 5.10 Å². The molecule has 2 N–H and O–H groups in total. The number of piperazine rings is 1. The summed E-state index contributed by atoms with van der Waals surface area (Å²) in [6.45, 7) is 7.59. The van der Waals surface area contributed by atoms with Crippen LogP contribution in [0.4, 0.5) is 11.7 Å². The Balaban J connectivity index is 1.64. The summed E-state index contributed by atoms with van der Waals surface area (Å²) < 4.78 is 5.60. The molecule has 112 valence electrons. The summed E-state index contributed by atoms with van der Waals surface area (Å²) in [5, 5.41) is 8.07. The zero-order valence-electron chi connectivity index (χ0n) is 12.5. The monoisotopic (exact) mass is 287 g/mol. The Bertz CT molecular complexity index is 602. The third kappa shape index (κ3) is 3.00. The average Bonchev–Trinajstić information content (AvgIpc) is 2.97. The third-order valence-electron chi connectivity index (χ3n) is 3.74. The fourth-order valence-electron chi connectivity index (χ4n) is 2.52. The zero-order valence-corrected chi connectivity index (χ0v) is 12.5. The lowest BCUT2D eigenvalue weighted by Gasteiger charge is -2.35. The van der Waals surface area contributed by atoms with Crippen LogP contribution in [0.2, 0.25) is 0 Å². The molecular formula is C15H21N5O. The smallest absolute Gasteiger partial charge is 0.318 e. The van der Waals surface area contributed by atoms with Crippen LogP contribution in [-0.2, 0) is 0 Å². The SMILES string of the molecule is Cc1cccc(N2CCN(c3nnc(C(C)N)o3)CC2)c1. The number of nitrogens with two attached hydrogens (primary N) is 1. The van der Waals surface area contributed by atoms with Crippen LogP contribution in [0.3, 0.4) is 0 Å². The van der Waals surface area contributed by atoms with Crippen molar-refractivity contribution in [2.45, 2.75) is 19.9 Å². The highest BCUT2D eigenvalue weighted by Crippen LogP contribution is 2.21. The number of nitrogens with zero attached hydrogens (tertiary/aromatic N) is 4. The van der Waals surface area contributed by atoms with E-state index in [0.29, 0.717) is 11.9 Å². The Morgan fingerprint density at radius 1 is 1.14 bits per heavy atom. The summed E-state index contributed by atoms with van der Waals surface area (Å²) in [5.74, 6) is 0.492. The second kappa shape index (κ2) is 5.73. The number of hydrogen-bond acceptors (Lipinski definition) is 6. The van der Waals surface area contributed by atoms with Gasteiger partial charge in [-0.2, -0.15) is 0 Å². The summed E-state index contributed by atoms with van der Waals surface area (Å²) in [6.07, 6.45) is 0. The van der Waals surface area contributed by atoms with Gasteiger partial charge in [-0.3, -0.25) is 0 Å². The van der Waals surface area contributed by atoms with E-state index < -0.39 is 0 Å². The number of hydrogen-bond donors (Lipinski definition) is 1. The Morgan fingerprint density at radius 2 is 1.86 bits per heavy atom. The molecule has 1 atom stereocenters. The molecule has 2 heterocycles. The first-order chi connectivity index (χ1) is 10.1. The normalized spacial score (nSPS) is 17.1. The third-order valence-corrected chi connectivity index (χ3v) is 3.74. The highest BCUT2D eigenvalue weighted by atomic mass is 16.4. The number of benzene rings is 1. The predicted molar refractivity (Wildman–Crippen MR) is 82.5 cm³/mol. The predicted octanol–water partition coefficient (Wildman–Crippen LogP) is 1.72. The molecule has 0 bridgehead atoms. The van der Waals surface area contributed by atoms with Gasteiger partial charge in [0.25, 0.3) is 0 Å². The van der Waals surface area contributed by atoms with E-state index in [1.165, 1.54) is 11.3 Å². The maximum atomic E-state index is 5.75. The molecule has 6 heteroatoms. The van der Waals surface area contributed by atoms with Crippen molar-refractivity contribution in [1.82, 2.24) is 10.2 Å². The standard InChI is InChI=1S/C15H21N5O/c1-11-4-3-5-13(10-11)19-6-8-20(9-7-19)15-18-17-14(21-15)12(2)16/h3-5,10,12H,6-9,16H2,1-2H3. The zero-order chi connectivity index (χ0) is 14.8. The molecule has 0 aliphatic carbocycles. The molecule has 1 saturated heterocycles. The average molecular weight is 287 g/mol. The van der Waals surface area contributed by atoms with Crippen molar-refractivity contribution in [3.8, 4) is 0 Å². The van der Waals surface area contributed by atoms with Crippen molar-refractivity contribution >= 4 is 11.7 Å². The first kappa shape index (κ1) is 13.9. The van der Waals surface area contributed by atoms with Gasteiger partial charge in [-0.1, -0.05) is 17.2 Å².